The molecule has 0 radical (unpaired) electrons. The van der Waals surface area contributed by atoms with Gasteiger partial charge < -0.3 is 5.73 Å². The minimum atomic E-state index is -3.86. The van der Waals surface area contributed by atoms with Crippen LogP contribution in [0.15, 0.2) is 69.0 Å². The number of aliphatic imine (C=N–C) groups is 1. The van der Waals surface area contributed by atoms with Gasteiger partial charge in [-0.15, -0.1) is 0 Å². The Bertz CT molecular complexity index is 1020. The largest absolute Gasteiger partial charge is 0.394 e. The Hall–Kier alpha value is -2.73. The Labute approximate surface area is 126 Å². The van der Waals surface area contributed by atoms with E-state index in [0.717, 1.165) is 0 Å². The number of hydrogen-bond acceptors (Lipinski definition) is 5. The van der Waals surface area contributed by atoms with E-state index in [1.807, 2.05) is 0 Å². The Kier molecular flexibility index (Phi) is 2.44. The molecule has 2 aromatic carbocycles. The van der Waals surface area contributed by atoms with Crippen molar-refractivity contribution in [1.82, 2.24) is 0 Å². The maximum Gasteiger partial charge on any atom is 0.213 e. The fourth-order valence-electron chi connectivity index (χ4n) is 2.78. The van der Waals surface area contributed by atoms with Crippen molar-refractivity contribution in [2.24, 2.45) is 10.7 Å². The minimum absolute atomic E-state index is 0.0730. The highest BCUT2D eigenvalue weighted by Gasteiger charge is 2.40. The van der Waals surface area contributed by atoms with Gasteiger partial charge in [0.1, 0.15) is 10.6 Å². The second-order valence-corrected chi connectivity index (χ2v) is 6.90. The molecular formula is C16H10N2O3S. The van der Waals surface area contributed by atoms with Crippen molar-refractivity contribution >= 4 is 27.0 Å². The topological polar surface area (TPSA) is 89.6 Å². The summed E-state index contributed by atoms with van der Waals surface area (Å²) in [4.78, 5) is 16.7. The summed E-state index contributed by atoms with van der Waals surface area (Å²) in [6.45, 7) is 0. The normalized spacial score (nSPS) is 18.2. The fraction of sp³-hybridized carbons (Fsp3) is 0. The lowest BCUT2D eigenvalue weighted by atomic mass is 9.92. The van der Waals surface area contributed by atoms with E-state index in [1.165, 1.54) is 6.07 Å². The van der Waals surface area contributed by atoms with Crippen LogP contribution >= 0.6 is 0 Å². The molecule has 0 saturated carbocycles. The summed E-state index contributed by atoms with van der Waals surface area (Å²) in [5, 5.41) is 0. The Morgan fingerprint density at radius 3 is 2.32 bits per heavy atom. The first kappa shape index (κ1) is 13.0. The van der Waals surface area contributed by atoms with Crippen molar-refractivity contribution in [3.8, 4) is 0 Å². The van der Waals surface area contributed by atoms with E-state index >= 15 is 0 Å². The fourth-order valence-corrected chi connectivity index (χ4v) is 4.43. The van der Waals surface area contributed by atoms with E-state index in [1.54, 1.807) is 42.5 Å². The monoisotopic (exact) mass is 310 g/mol. The molecule has 22 heavy (non-hydrogen) atoms. The molecule has 0 spiro atoms. The second kappa shape index (κ2) is 4.14. The Morgan fingerprint density at radius 1 is 0.909 bits per heavy atom. The summed E-state index contributed by atoms with van der Waals surface area (Å²) in [7, 11) is -3.86. The zero-order valence-electron chi connectivity index (χ0n) is 11.3. The smallest absolute Gasteiger partial charge is 0.213 e. The molecule has 2 N–H and O–H groups in total. The van der Waals surface area contributed by atoms with Gasteiger partial charge >= 0.3 is 0 Å². The van der Waals surface area contributed by atoms with E-state index in [-0.39, 0.29) is 21.2 Å². The number of Topliss-reactive ketones (excluding diaryl/α,β-unsaturated/α-hetero) is 1. The van der Waals surface area contributed by atoms with Gasteiger partial charge in [0, 0.05) is 11.1 Å². The van der Waals surface area contributed by atoms with E-state index < -0.39 is 15.6 Å². The molecule has 0 unspecified atom stereocenters. The number of rotatable bonds is 0. The van der Waals surface area contributed by atoms with Crippen LogP contribution in [0.1, 0.15) is 15.9 Å². The van der Waals surface area contributed by atoms with E-state index in [9.17, 15) is 13.2 Å². The number of allylic oxidation sites excluding steroid dienone is 2. The number of sulfone groups is 1. The van der Waals surface area contributed by atoms with Gasteiger partial charge in [-0.1, -0.05) is 36.4 Å². The van der Waals surface area contributed by atoms with Crippen LogP contribution in [0.2, 0.25) is 0 Å². The number of para-hydroxylation sites is 1. The van der Waals surface area contributed by atoms with Crippen molar-refractivity contribution in [2.45, 2.75) is 4.90 Å². The standard InChI is InChI=1S/C16H10N2O3S/c17-13-15(19)10-6-2-1-5-9(10)14-16(13)22(20,21)12-8-4-3-7-11(12)18-14/h1-8H,17H2. The number of benzene rings is 2. The average Bonchev–Trinajstić information content (AvgIpc) is 2.52. The van der Waals surface area contributed by atoms with Crippen LogP contribution < -0.4 is 5.73 Å². The molecule has 5 nitrogen and oxygen atoms in total. The average molecular weight is 310 g/mol. The van der Waals surface area contributed by atoms with Gasteiger partial charge in [-0.3, -0.25) is 4.79 Å². The molecule has 0 bridgehead atoms. The molecular weight excluding hydrogens is 300 g/mol. The van der Waals surface area contributed by atoms with Crippen molar-refractivity contribution in [2.75, 3.05) is 0 Å². The predicted molar refractivity (Wildman–Crippen MR) is 81.8 cm³/mol. The van der Waals surface area contributed by atoms with Crippen LogP contribution in [-0.2, 0) is 9.84 Å². The summed E-state index contributed by atoms with van der Waals surface area (Å²) in [6, 6.07) is 13.2. The van der Waals surface area contributed by atoms with Crippen LogP contribution in [-0.4, -0.2) is 19.9 Å². The number of fused-ring (bicyclic) bond motifs is 4. The molecule has 6 heteroatoms. The van der Waals surface area contributed by atoms with Gasteiger partial charge in [-0.2, -0.15) is 0 Å². The highest BCUT2D eigenvalue weighted by Crippen LogP contribution is 2.40. The quantitative estimate of drug-likeness (QED) is 0.805. The summed E-state index contributed by atoms with van der Waals surface area (Å²) < 4.78 is 25.7. The van der Waals surface area contributed by atoms with Crippen LogP contribution in [0.4, 0.5) is 5.69 Å². The molecule has 2 aliphatic rings. The second-order valence-electron chi connectivity index (χ2n) is 5.05. The number of nitrogens with two attached hydrogens (primary N) is 1. The third-order valence-electron chi connectivity index (χ3n) is 3.79. The van der Waals surface area contributed by atoms with Gasteiger partial charge in [0.05, 0.1) is 16.3 Å². The minimum Gasteiger partial charge on any atom is -0.394 e. The lowest BCUT2D eigenvalue weighted by molar-refractivity contribution is 0.103. The van der Waals surface area contributed by atoms with E-state index in [0.29, 0.717) is 16.8 Å². The molecule has 2 aromatic rings. The number of carbonyl (C=O) groups is 1. The molecule has 1 aliphatic heterocycles. The van der Waals surface area contributed by atoms with Gasteiger partial charge in [-0.05, 0) is 12.1 Å². The van der Waals surface area contributed by atoms with Gasteiger partial charge in [0.25, 0.3) is 0 Å². The number of nitrogens with zero attached hydrogens (tertiary/aromatic N) is 1. The maximum absolute atomic E-state index is 12.8. The third kappa shape index (κ3) is 1.50. The first-order valence-electron chi connectivity index (χ1n) is 6.59. The lowest BCUT2D eigenvalue weighted by Gasteiger charge is -2.25. The van der Waals surface area contributed by atoms with Crippen LogP contribution in [0.5, 0.6) is 0 Å². The number of ketones is 1. The maximum atomic E-state index is 12.8. The summed E-state index contributed by atoms with van der Waals surface area (Å²) in [6.07, 6.45) is 0. The summed E-state index contributed by atoms with van der Waals surface area (Å²) in [5.41, 5.74) is 7.05. The van der Waals surface area contributed by atoms with Crippen LogP contribution in [0.3, 0.4) is 0 Å². The molecule has 0 aromatic heterocycles. The zero-order valence-corrected chi connectivity index (χ0v) is 12.1. The molecule has 4 rings (SSSR count). The molecule has 1 aliphatic carbocycles. The number of hydrogen-bond donors (Lipinski definition) is 1. The molecule has 108 valence electrons. The van der Waals surface area contributed by atoms with Gasteiger partial charge in [-0.25, -0.2) is 13.4 Å². The number of carbonyl (C=O) groups excluding carboxylic acids is 1. The van der Waals surface area contributed by atoms with E-state index in [4.69, 9.17) is 5.73 Å². The van der Waals surface area contributed by atoms with Crippen molar-refractivity contribution in [3.63, 3.8) is 0 Å². The molecule has 0 fully saturated rings. The zero-order chi connectivity index (χ0) is 15.5. The highest BCUT2D eigenvalue weighted by atomic mass is 32.2. The molecule has 0 atom stereocenters. The first-order valence-corrected chi connectivity index (χ1v) is 8.07. The molecule has 0 saturated heterocycles. The molecule has 1 heterocycles. The van der Waals surface area contributed by atoms with Crippen molar-refractivity contribution in [1.29, 1.82) is 0 Å². The summed E-state index contributed by atoms with van der Waals surface area (Å²) >= 11 is 0. The Balaban J connectivity index is 2.18. The Morgan fingerprint density at radius 2 is 1.55 bits per heavy atom. The van der Waals surface area contributed by atoms with Crippen LogP contribution in [0, 0.1) is 0 Å². The molecule has 0 amide bonds. The SMILES string of the molecule is NC1=C2C(=Nc3ccccc3S2(=O)=O)c2ccccc2C1=O. The van der Waals surface area contributed by atoms with Gasteiger partial charge in [0.15, 0.2) is 0 Å². The van der Waals surface area contributed by atoms with Crippen molar-refractivity contribution in [3.05, 3.63) is 70.3 Å². The first-order chi connectivity index (χ1) is 10.5. The van der Waals surface area contributed by atoms with Crippen molar-refractivity contribution < 1.29 is 13.2 Å². The third-order valence-corrected chi connectivity index (χ3v) is 5.66. The lowest BCUT2D eigenvalue weighted by Crippen LogP contribution is -2.32. The summed E-state index contributed by atoms with van der Waals surface area (Å²) in [5.74, 6) is -0.479. The van der Waals surface area contributed by atoms with E-state index in [2.05, 4.69) is 4.99 Å². The van der Waals surface area contributed by atoms with Crippen LogP contribution in [0.25, 0.3) is 0 Å². The highest BCUT2D eigenvalue weighted by molar-refractivity contribution is 7.96. The predicted octanol–water partition coefficient (Wildman–Crippen LogP) is 1.96. The van der Waals surface area contributed by atoms with Gasteiger partial charge in [0.2, 0.25) is 15.6 Å².